The summed E-state index contributed by atoms with van der Waals surface area (Å²) in [5, 5.41) is 23.0. The summed E-state index contributed by atoms with van der Waals surface area (Å²) >= 11 is 3.86. The van der Waals surface area contributed by atoms with Crippen LogP contribution in [0.4, 0.5) is 0 Å². The fourth-order valence-electron chi connectivity index (χ4n) is 1.71. The summed E-state index contributed by atoms with van der Waals surface area (Å²) in [4.78, 5) is 35.0. The third-order valence-corrected chi connectivity index (χ3v) is 3.56. The number of unbranched alkanes of at least 4 members (excludes halogenated alkanes) is 1. The van der Waals surface area contributed by atoms with E-state index < -0.39 is 42.0 Å². The first-order valence-corrected chi connectivity index (χ1v) is 7.95. The molecule has 4 atom stereocenters. The predicted molar refractivity (Wildman–Crippen MR) is 87.9 cm³/mol. The highest BCUT2D eigenvalue weighted by Crippen LogP contribution is 2.03. The third kappa shape index (κ3) is 8.16. The van der Waals surface area contributed by atoms with Crippen molar-refractivity contribution in [2.45, 2.75) is 50.4 Å². The van der Waals surface area contributed by atoms with E-state index in [2.05, 4.69) is 23.3 Å². The van der Waals surface area contributed by atoms with E-state index in [1.165, 1.54) is 6.92 Å². The van der Waals surface area contributed by atoms with Gasteiger partial charge in [0.25, 0.3) is 0 Å². The van der Waals surface area contributed by atoms with Gasteiger partial charge in [-0.25, -0.2) is 4.79 Å². The van der Waals surface area contributed by atoms with Gasteiger partial charge in [0.05, 0.1) is 6.10 Å². The Labute approximate surface area is 140 Å². The molecule has 0 aromatic carbocycles. The molecule has 0 aromatic rings. The van der Waals surface area contributed by atoms with E-state index in [0.717, 1.165) is 0 Å². The second-order valence-electron chi connectivity index (χ2n) is 5.19. The molecule has 0 radical (unpaired) electrons. The van der Waals surface area contributed by atoms with E-state index in [-0.39, 0.29) is 12.2 Å². The molecule has 0 rings (SSSR count). The Hall–Kier alpha value is -1.36. The van der Waals surface area contributed by atoms with Gasteiger partial charge in [-0.3, -0.25) is 9.59 Å². The summed E-state index contributed by atoms with van der Waals surface area (Å²) in [5.74, 6) is -2.64. The first-order valence-electron chi connectivity index (χ1n) is 7.32. The van der Waals surface area contributed by atoms with Crippen molar-refractivity contribution in [3.63, 3.8) is 0 Å². The normalized spacial score (nSPS) is 16.0. The maximum Gasteiger partial charge on any atom is 0.327 e. The van der Waals surface area contributed by atoms with Crippen molar-refractivity contribution in [1.82, 2.24) is 10.6 Å². The van der Waals surface area contributed by atoms with Crippen LogP contribution in [0.1, 0.15) is 26.2 Å². The number of rotatable bonds is 11. The van der Waals surface area contributed by atoms with Crippen LogP contribution in [-0.4, -0.2) is 64.5 Å². The monoisotopic (exact) mass is 350 g/mol. The van der Waals surface area contributed by atoms with Crippen molar-refractivity contribution in [3.8, 4) is 0 Å². The van der Waals surface area contributed by atoms with Gasteiger partial charge in [-0.1, -0.05) is 0 Å². The van der Waals surface area contributed by atoms with Crippen molar-refractivity contribution in [2.75, 3.05) is 12.3 Å². The van der Waals surface area contributed by atoms with Gasteiger partial charge in [0.15, 0.2) is 0 Å². The summed E-state index contributed by atoms with van der Waals surface area (Å²) in [6, 6.07) is -3.30. The minimum absolute atomic E-state index is 0.0856. The van der Waals surface area contributed by atoms with Crippen LogP contribution in [0.5, 0.6) is 0 Å². The van der Waals surface area contributed by atoms with Crippen LogP contribution in [0.3, 0.4) is 0 Å². The van der Waals surface area contributed by atoms with Gasteiger partial charge in [0.2, 0.25) is 11.8 Å². The molecule has 0 saturated heterocycles. The summed E-state index contributed by atoms with van der Waals surface area (Å²) in [6.45, 7) is 1.79. The fraction of sp³-hybridized carbons (Fsp3) is 0.769. The van der Waals surface area contributed by atoms with Gasteiger partial charge >= 0.3 is 5.97 Å². The molecule has 0 fully saturated rings. The highest BCUT2D eigenvalue weighted by atomic mass is 32.1. The Morgan fingerprint density at radius 2 is 1.70 bits per heavy atom. The van der Waals surface area contributed by atoms with E-state index in [1.807, 2.05) is 0 Å². The average Bonchev–Trinajstić information content (AvgIpc) is 2.49. The average molecular weight is 350 g/mol. The number of carbonyl (C=O) groups is 3. The number of hydrogen-bond acceptors (Lipinski definition) is 7. The first-order chi connectivity index (χ1) is 10.7. The Morgan fingerprint density at radius 1 is 1.13 bits per heavy atom. The maximum absolute atomic E-state index is 12.2. The van der Waals surface area contributed by atoms with Crippen LogP contribution in [0.25, 0.3) is 0 Å². The Kier molecular flexibility index (Phi) is 10.6. The molecular formula is C13H26N4O5S. The van der Waals surface area contributed by atoms with Crippen molar-refractivity contribution in [2.24, 2.45) is 11.5 Å². The van der Waals surface area contributed by atoms with E-state index in [9.17, 15) is 19.5 Å². The molecule has 134 valence electrons. The summed E-state index contributed by atoms with van der Waals surface area (Å²) in [5.41, 5.74) is 10.9. The number of nitrogens with two attached hydrogens (primary N) is 2. The maximum atomic E-state index is 12.2. The number of carboxylic acid groups (broad SMARTS) is 1. The minimum Gasteiger partial charge on any atom is -0.480 e. The second kappa shape index (κ2) is 11.2. The highest BCUT2D eigenvalue weighted by molar-refractivity contribution is 7.80. The molecule has 0 aliphatic carbocycles. The summed E-state index contributed by atoms with van der Waals surface area (Å²) in [7, 11) is 0. The molecule has 0 saturated carbocycles. The molecule has 2 amide bonds. The Balaban J connectivity index is 4.87. The number of aliphatic hydroxyl groups excluding tert-OH is 1. The molecular weight excluding hydrogens is 324 g/mol. The van der Waals surface area contributed by atoms with Crippen molar-refractivity contribution >= 4 is 30.4 Å². The third-order valence-electron chi connectivity index (χ3n) is 3.20. The van der Waals surface area contributed by atoms with Gasteiger partial charge in [-0.05, 0) is 32.7 Å². The van der Waals surface area contributed by atoms with Gasteiger partial charge in [0, 0.05) is 5.75 Å². The number of carbonyl (C=O) groups excluding carboxylic acids is 2. The molecule has 0 aliphatic rings. The highest BCUT2D eigenvalue weighted by Gasteiger charge is 2.28. The van der Waals surface area contributed by atoms with Gasteiger partial charge < -0.3 is 32.3 Å². The number of hydrogen-bond donors (Lipinski definition) is 7. The molecule has 0 aromatic heterocycles. The van der Waals surface area contributed by atoms with Crippen molar-refractivity contribution in [1.29, 1.82) is 0 Å². The molecule has 0 unspecified atom stereocenters. The SMILES string of the molecule is C[C@@H](O)[C@H](N)C(=O)N[C@@H](CCCCN)C(=O)N[C@@H](CS)C(=O)O. The standard InChI is InChI=1S/C13H26N4O5S/c1-7(18)10(15)12(20)16-8(4-2-3-5-14)11(19)17-9(6-23)13(21)22/h7-10,18,23H,2-6,14-15H2,1H3,(H,16,20)(H,17,19)(H,21,22)/t7-,8+,9+,10+/m1/s1. The Bertz CT molecular complexity index is 408. The van der Waals surface area contributed by atoms with E-state index in [0.29, 0.717) is 19.4 Å². The number of aliphatic hydroxyl groups is 1. The van der Waals surface area contributed by atoms with Crippen LogP contribution in [0.15, 0.2) is 0 Å². The molecule has 8 N–H and O–H groups in total. The largest absolute Gasteiger partial charge is 0.480 e. The molecule has 0 aliphatic heterocycles. The molecule has 9 nitrogen and oxygen atoms in total. The van der Waals surface area contributed by atoms with Crippen LogP contribution >= 0.6 is 12.6 Å². The number of amides is 2. The van der Waals surface area contributed by atoms with Gasteiger partial charge in [0.1, 0.15) is 18.1 Å². The van der Waals surface area contributed by atoms with Gasteiger partial charge in [-0.15, -0.1) is 0 Å². The number of thiol groups is 1. The molecule has 0 heterocycles. The fourth-order valence-corrected chi connectivity index (χ4v) is 1.95. The lowest BCUT2D eigenvalue weighted by Crippen LogP contribution is -2.56. The zero-order valence-corrected chi connectivity index (χ0v) is 14.0. The molecule has 10 heteroatoms. The van der Waals surface area contributed by atoms with Crippen molar-refractivity contribution in [3.05, 3.63) is 0 Å². The predicted octanol–water partition coefficient (Wildman–Crippen LogP) is -2.19. The van der Waals surface area contributed by atoms with Crippen LogP contribution in [-0.2, 0) is 14.4 Å². The zero-order valence-electron chi connectivity index (χ0n) is 13.1. The first kappa shape index (κ1) is 21.6. The van der Waals surface area contributed by atoms with E-state index >= 15 is 0 Å². The van der Waals surface area contributed by atoms with Crippen LogP contribution < -0.4 is 22.1 Å². The van der Waals surface area contributed by atoms with Crippen molar-refractivity contribution < 1.29 is 24.6 Å². The lowest BCUT2D eigenvalue weighted by Gasteiger charge is -2.23. The topological polar surface area (TPSA) is 168 Å². The van der Waals surface area contributed by atoms with Crippen LogP contribution in [0, 0.1) is 0 Å². The number of carboxylic acids is 1. The zero-order chi connectivity index (χ0) is 18.0. The molecule has 0 spiro atoms. The Morgan fingerprint density at radius 3 is 2.13 bits per heavy atom. The van der Waals surface area contributed by atoms with Gasteiger partial charge in [-0.2, -0.15) is 12.6 Å². The lowest BCUT2D eigenvalue weighted by atomic mass is 10.1. The lowest BCUT2D eigenvalue weighted by molar-refractivity contribution is -0.141. The summed E-state index contributed by atoms with van der Waals surface area (Å²) in [6.07, 6.45) is 0.418. The smallest absolute Gasteiger partial charge is 0.327 e. The molecule has 0 bridgehead atoms. The van der Waals surface area contributed by atoms with E-state index in [1.54, 1.807) is 0 Å². The minimum atomic E-state index is -1.22. The number of nitrogens with one attached hydrogen (secondary N) is 2. The second-order valence-corrected chi connectivity index (χ2v) is 5.56. The quantitative estimate of drug-likeness (QED) is 0.164. The van der Waals surface area contributed by atoms with E-state index in [4.69, 9.17) is 16.6 Å². The number of aliphatic carboxylic acids is 1. The molecule has 23 heavy (non-hydrogen) atoms. The summed E-state index contributed by atoms with van der Waals surface area (Å²) < 4.78 is 0. The van der Waals surface area contributed by atoms with Crippen LogP contribution in [0.2, 0.25) is 0 Å².